The summed E-state index contributed by atoms with van der Waals surface area (Å²) < 4.78 is 10.6. The maximum absolute atomic E-state index is 11.9. The number of methoxy groups -OCH3 is 1. The second kappa shape index (κ2) is 8.03. The minimum Gasteiger partial charge on any atom is -0.491 e. The van der Waals surface area contributed by atoms with Gasteiger partial charge < -0.3 is 9.47 Å². The van der Waals surface area contributed by atoms with Crippen LogP contribution in [0.15, 0.2) is 24.3 Å². The van der Waals surface area contributed by atoms with Crippen LogP contribution in [-0.2, 0) is 9.53 Å². The number of hydrogen-bond donors (Lipinski definition) is 1. The molecule has 0 aromatic heterocycles. The summed E-state index contributed by atoms with van der Waals surface area (Å²) in [5.74, 6) is 0.983. The van der Waals surface area contributed by atoms with E-state index >= 15 is 0 Å². The number of carbonyl (C=O) groups excluding carboxylic acids is 1. The molecule has 2 unspecified atom stereocenters. The fourth-order valence-electron chi connectivity index (χ4n) is 2.15. The lowest BCUT2D eigenvalue weighted by atomic mass is 9.99. The van der Waals surface area contributed by atoms with Crippen molar-refractivity contribution in [3.8, 4) is 5.75 Å². The Hall–Kier alpha value is -1.55. The summed E-state index contributed by atoms with van der Waals surface area (Å²) in [6, 6.07) is 8.05. The van der Waals surface area contributed by atoms with Crippen LogP contribution in [0.2, 0.25) is 0 Å². The van der Waals surface area contributed by atoms with Crippen molar-refractivity contribution in [2.75, 3.05) is 20.3 Å². The summed E-state index contributed by atoms with van der Waals surface area (Å²) >= 11 is 0. The van der Waals surface area contributed by atoms with E-state index in [2.05, 4.69) is 31.3 Å². The zero-order valence-electron chi connectivity index (χ0n) is 13.7. The Bertz CT molecular complexity index is 444. The molecule has 4 nitrogen and oxygen atoms in total. The van der Waals surface area contributed by atoms with Gasteiger partial charge in [0.2, 0.25) is 0 Å². The van der Waals surface area contributed by atoms with Gasteiger partial charge in [0.15, 0.2) is 0 Å². The van der Waals surface area contributed by atoms with E-state index in [9.17, 15) is 4.79 Å². The van der Waals surface area contributed by atoms with E-state index in [-0.39, 0.29) is 12.6 Å². The predicted octanol–water partition coefficient (Wildman–Crippen LogP) is 3.12. The van der Waals surface area contributed by atoms with Crippen LogP contribution >= 0.6 is 0 Å². The molecule has 1 N–H and O–H groups in total. The van der Waals surface area contributed by atoms with E-state index in [1.165, 1.54) is 12.7 Å². The molecule has 0 aliphatic rings. The lowest BCUT2D eigenvalue weighted by Gasteiger charge is -2.27. The lowest BCUT2D eigenvalue weighted by Crippen LogP contribution is -2.54. The van der Waals surface area contributed by atoms with Crippen molar-refractivity contribution < 1.29 is 14.3 Å². The highest BCUT2D eigenvalue weighted by molar-refractivity contribution is 5.80. The van der Waals surface area contributed by atoms with Crippen LogP contribution in [0, 0.1) is 0 Å². The zero-order chi connectivity index (χ0) is 15.9. The lowest BCUT2D eigenvalue weighted by molar-refractivity contribution is -0.149. The molecular weight excluding hydrogens is 266 g/mol. The second-order valence-electron chi connectivity index (χ2n) is 5.52. The van der Waals surface area contributed by atoms with Gasteiger partial charge in [-0.1, -0.05) is 32.9 Å². The van der Waals surface area contributed by atoms with Gasteiger partial charge in [0, 0.05) is 0 Å². The van der Waals surface area contributed by atoms with Crippen LogP contribution in [0.1, 0.15) is 45.6 Å². The molecule has 0 spiro atoms. The Morgan fingerprint density at radius 2 is 1.90 bits per heavy atom. The summed E-state index contributed by atoms with van der Waals surface area (Å²) in [6.45, 7) is 9.01. The van der Waals surface area contributed by atoms with Crippen LogP contribution < -0.4 is 10.1 Å². The molecule has 0 amide bonds. The fraction of sp³-hybridized carbons (Fsp3) is 0.588. The van der Waals surface area contributed by atoms with Gasteiger partial charge in [-0.05, 0) is 43.5 Å². The van der Waals surface area contributed by atoms with Crippen molar-refractivity contribution in [3.63, 3.8) is 0 Å². The molecular formula is C17H27NO3. The van der Waals surface area contributed by atoms with Gasteiger partial charge in [-0.15, -0.1) is 0 Å². The number of hydrogen-bond acceptors (Lipinski definition) is 4. The molecule has 1 aromatic carbocycles. The number of carbonyl (C=O) groups is 1. The SMILES string of the molecule is CCNC(C)(COc1ccc(C(C)CC)cc1)C(=O)OC. The third-order valence-electron chi connectivity index (χ3n) is 3.79. The summed E-state index contributed by atoms with van der Waals surface area (Å²) in [5, 5.41) is 3.12. The van der Waals surface area contributed by atoms with Gasteiger partial charge >= 0.3 is 5.97 Å². The Morgan fingerprint density at radius 1 is 1.29 bits per heavy atom. The fourth-order valence-corrected chi connectivity index (χ4v) is 2.15. The number of rotatable bonds is 8. The van der Waals surface area contributed by atoms with Crippen LogP contribution in [0.5, 0.6) is 5.75 Å². The highest BCUT2D eigenvalue weighted by Crippen LogP contribution is 2.22. The van der Waals surface area contributed by atoms with Crippen LogP contribution in [-0.4, -0.2) is 31.8 Å². The number of ether oxygens (including phenoxy) is 2. The third-order valence-corrected chi connectivity index (χ3v) is 3.79. The third kappa shape index (κ3) is 4.74. The molecule has 118 valence electrons. The maximum Gasteiger partial charge on any atom is 0.329 e. The number of benzene rings is 1. The number of likely N-dealkylation sites (N-methyl/N-ethyl adjacent to an activating group) is 1. The van der Waals surface area contributed by atoms with E-state index in [1.807, 2.05) is 19.1 Å². The quantitative estimate of drug-likeness (QED) is 0.748. The molecule has 0 bridgehead atoms. The van der Waals surface area contributed by atoms with Gasteiger partial charge in [-0.3, -0.25) is 5.32 Å². The summed E-state index contributed by atoms with van der Waals surface area (Å²) in [7, 11) is 1.39. The zero-order valence-corrected chi connectivity index (χ0v) is 13.7. The smallest absolute Gasteiger partial charge is 0.329 e. The number of nitrogens with one attached hydrogen (secondary N) is 1. The van der Waals surface area contributed by atoms with Gasteiger partial charge in [-0.25, -0.2) is 4.79 Å². The molecule has 4 heteroatoms. The first-order chi connectivity index (χ1) is 9.96. The van der Waals surface area contributed by atoms with Crippen molar-refractivity contribution in [2.24, 2.45) is 0 Å². The molecule has 1 aromatic rings. The van der Waals surface area contributed by atoms with E-state index in [0.717, 1.165) is 12.2 Å². The minimum atomic E-state index is -0.834. The second-order valence-corrected chi connectivity index (χ2v) is 5.52. The Balaban J connectivity index is 2.70. The normalized spacial score (nSPS) is 15.1. The summed E-state index contributed by atoms with van der Waals surface area (Å²) in [6.07, 6.45) is 1.11. The van der Waals surface area contributed by atoms with Crippen molar-refractivity contribution in [1.29, 1.82) is 0 Å². The summed E-state index contributed by atoms with van der Waals surface area (Å²) in [4.78, 5) is 11.9. The molecule has 2 atom stereocenters. The van der Waals surface area contributed by atoms with Gasteiger partial charge in [0.05, 0.1) is 7.11 Å². The monoisotopic (exact) mass is 293 g/mol. The van der Waals surface area contributed by atoms with Crippen molar-refractivity contribution >= 4 is 5.97 Å². The topological polar surface area (TPSA) is 47.6 Å². The highest BCUT2D eigenvalue weighted by atomic mass is 16.5. The largest absolute Gasteiger partial charge is 0.491 e. The first-order valence-electron chi connectivity index (χ1n) is 7.53. The molecule has 0 saturated heterocycles. The molecule has 0 radical (unpaired) electrons. The van der Waals surface area contributed by atoms with Crippen molar-refractivity contribution in [1.82, 2.24) is 5.32 Å². The van der Waals surface area contributed by atoms with E-state index in [1.54, 1.807) is 6.92 Å². The Morgan fingerprint density at radius 3 is 2.38 bits per heavy atom. The van der Waals surface area contributed by atoms with Crippen molar-refractivity contribution in [2.45, 2.75) is 45.6 Å². The molecule has 0 heterocycles. The Labute approximate surface area is 127 Å². The molecule has 1 rings (SSSR count). The van der Waals surface area contributed by atoms with Crippen LogP contribution in [0.25, 0.3) is 0 Å². The van der Waals surface area contributed by atoms with E-state index in [4.69, 9.17) is 9.47 Å². The number of esters is 1. The van der Waals surface area contributed by atoms with Crippen LogP contribution in [0.4, 0.5) is 0 Å². The van der Waals surface area contributed by atoms with Gasteiger partial charge in [-0.2, -0.15) is 0 Å². The highest BCUT2D eigenvalue weighted by Gasteiger charge is 2.34. The minimum absolute atomic E-state index is 0.232. The predicted molar refractivity (Wildman–Crippen MR) is 84.7 cm³/mol. The standard InChI is InChI=1S/C17H27NO3/c1-6-13(3)14-8-10-15(11-9-14)21-12-17(4,18-7-2)16(19)20-5/h8-11,13,18H,6-7,12H2,1-5H3. The van der Waals surface area contributed by atoms with Crippen molar-refractivity contribution in [3.05, 3.63) is 29.8 Å². The summed E-state index contributed by atoms with van der Waals surface area (Å²) in [5.41, 5.74) is 0.464. The first-order valence-corrected chi connectivity index (χ1v) is 7.53. The average Bonchev–Trinajstić information content (AvgIpc) is 2.52. The molecule has 21 heavy (non-hydrogen) atoms. The molecule has 0 saturated carbocycles. The average molecular weight is 293 g/mol. The van der Waals surface area contributed by atoms with Gasteiger partial charge in [0.1, 0.15) is 17.9 Å². The maximum atomic E-state index is 11.9. The molecule has 0 fully saturated rings. The van der Waals surface area contributed by atoms with E-state index in [0.29, 0.717) is 12.5 Å². The van der Waals surface area contributed by atoms with E-state index < -0.39 is 5.54 Å². The molecule has 0 aliphatic heterocycles. The molecule has 0 aliphatic carbocycles. The Kier molecular flexibility index (Phi) is 6.69. The van der Waals surface area contributed by atoms with Gasteiger partial charge in [0.25, 0.3) is 0 Å². The van der Waals surface area contributed by atoms with Crippen LogP contribution in [0.3, 0.4) is 0 Å². The first kappa shape index (κ1) is 17.5.